The topological polar surface area (TPSA) is 89.3 Å². The summed E-state index contributed by atoms with van der Waals surface area (Å²) in [6.07, 6.45) is -0.485. The molecule has 2 amide bonds. The molecule has 38 heavy (non-hydrogen) atoms. The minimum Gasteiger partial charge on any atom is -0.339 e. The second kappa shape index (κ2) is 9.77. The third-order valence-corrected chi connectivity index (χ3v) is 7.26. The van der Waals surface area contributed by atoms with Crippen molar-refractivity contribution in [2.75, 3.05) is 11.9 Å². The van der Waals surface area contributed by atoms with Crippen LogP contribution in [-0.2, 0) is 27.2 Å². The molecule has 6 rings (SSSR count). The number of ether oxygens (including phenoxy) is 1. The van der Waals surface area contributed by atoms with E-state index in [2.05, 4.69) is 21.2 Å². The van der Waals surface area contributed by atoms with Gasteiger partial charge in [-0.05, 0) is 79.1 Å². The molecular weight excluding hydrogens is 553 g/mol. The third kappa shape index (κ3) is 4.61. The molecule has 3 aromatic carbocycles. The van der Waals surface area contributed by atoms with Crippen LogP contribution in [0.15, 0.2) is 71.2 Å². The Morgan fingerprint density at radius 1 is 1.05 bits per heavy atom. The molecule has 0 aliphatic carbocycles. The SMILES string of the molecule is C[C@H]1O[C@H](c2nn(-c3ccc(Br)cc3)nc2-c2ccc(F)cc2)N(CCc2ccc3c(c2)CC(=O)N3)C1=O. The van der Waals surface area contributed by atoms with Gasteiger partial charge in [0.05, 0.1) is 12.1 Å². The van der Waals surface area contributed by atoms with E-state index in [0.29, 0.717) is 36.3 Å². The number of benzene rings is 3. The Balaban J connectivity index is 1.34. The van der Waals surface area contributed by atoms with Crippen LogP contribution in [0.1, 0.15) is 30.0 Å². The number of fused-ring (bicyclic) bond motifs is 1. The number of carbonyl (C=O) groups is 2. The summed E-state index contributed by atoms with van der Waals surface area (Å²) in [6, 6.07) is 19.4. The Hall–Kier alpha value is -3.89. The minimum absolute atomic E-state index is 0.0173. The van der Waals surface area contributed by atoms with Crippen LogP contribution >= 0.6 is 15.9 Å². The number of nitrogens with one attached hydrogen (secondary N) is 1. The lowest BCUT2D eigenvalue weighted by Crippen LogP contribution is -2.32. The molecule has 192 valence electrons. The van der Waals surface area contributed by atoms with Gasteiger partial charge < -0.3 is 15.0 Å². The Morgan fingerprint density at radius 3 is 2.58 bits per heavy atom. The highest BCUT2D eigenvalue weighted by Gasteiger charge is 2.41. The number of nitrogens with zero attached hydrogens (tertiary/aromatic N) is 4. The molecule has 10 heteroatoms. The van der Waals surface area contributed by atoms with Crippen LogP contribution in [0, 0.1) is 5.82 Å². The summed E-state index contributed by atoms with van der Waals surface area (Å²) in [7, 11) is 0. The summed E-state index contributed by atoms with van der Waals surface area (Å²) in [5.41, 5.74) is 5.18. The van der Waals surface area contributed by atoms with Gasteiger partial charge in [-0.3, -0.25) is 9.59 Å². The predicted molar refractivity (Wildman–Crippen MR) is 142 cm³/mol. The maximum Gasteiger partial charge on any atom is 0.253 e. The molecule has 4 aromatic rings. The first-order valence-electron chi connectivity index (χ1n) is 12.2. The van der Waals surface area contributed by atoms with Gasteiger partial charge in [0, 0.05) is 22.3 Å². The summed E-state index contributed by atoms with van der Waals surface area (Å²) in [5.74, 6) is -0.517. The molecule has 2 aliphatic rings. The Bertz CT molecular complexity index is 1540. The molecule has 3 heterocycles. The van der Waals surface area contributed by atoms with Gasteiger partial charge in [-0.15, -0.1) is 10.2 Å². The van der Waals surface area contributed by atoms with Crippen molar-refractivity contribution in [3.05, 3.63) is 93.8 Å². The van der Waals surface area contributed by atoms with Gasteiger partial charge in [0.15, 0.2) is 6.23 Å². The fourth-order valence-corrected chi connectivity index (χ4v) is 5.05. The monoisotopic (exact) mass is 575 g/mol. The van der Waals surface area contributed by atoms with E-state index in [0.717, 1.165) is 27.0 Å². The fraction of sp³-hybridized carbons (Fsp3) is 0.214. The van der Waals surface area contributed by atoms with Crippen LogP contribution < -0.4 is 5.32 Å². The Morgan fingerprint density at radius 2 is 1.82 bits per heavy atom. The Labute approximate surface area is 226 Å². The molecule has 8 nitrogen and oxygen atoms in total. The van der Waals surface area contributed by atoms with Crippen LogP contribution in [0.2, 0.25) is 0 Å². The molecule has 1 saturated heterocycles. The maximum absolute atomic E-state index is 13.7. The predicted octanol–water partition coefficient (Wildman–Crippen LogP) is 4.82. The number of aromatic nitrogens is 3. The number of carbonyl (C=O) groups excluding carboxylic acids is 2. The second-order valence-corrected chi connectivity index (χ2v) is 10.3. The van der Waals surface area contributed by atoms with Gasteiger partial charge in [0.25, 0.3) is 5.91 Å². The first kappa shape index (κ1) is 24.4. The van der Waals surface area contributed by atoms with E-state index < -0.39 is 12.3 Å². The highest BCUT2D eigenvalue weighted by Crippen LogP contribution is 2.36. The molecule has 0 bridgehead atoms. The van der Waals surface area contributed by atoms with Crippen LogP contribution in [-0.4, -0.2) is 44.4 Å². The zero-order valence-corrected chi connectivity index (χ0v) is 22.0. The number of rotatable bonds is 6. The van der Waals surface area contributed by atoms with Gasteiger partial charge in [-0.2, -0.15) is 4.80 Å². The molecule has 0 radical (unpaired) electrons. The summed E-state index contributed by atoms with van der Waals surface area (Å²) in [6.45, 7) is 2.11. The number of anilines is 1. The van der Waals surface area contributed by atoms with Crippen LogP contribution in [0.4, 0.5) is 10.1 Å². The first-order valence-corrected chi connectivity index (χ1v) is 13.0. The second-order valence-electron chi connectivity index (χ2n) is 9.34. The average Bonchev–Trinajstić information content (AvgIpc) is 3.58. The summed E-state index contributed by atoms with van der Waals surface area (Å²) >= 11 is 3.44. The van der Waals surface area contributed by atoms with Crippen molar-refractivity contribution in [3.63, 3.8) is 0 Å². The van der Waals surface area contributed by atoms with Crippen molar-refractivity contribution in [2.24, 2.45) is 0 Å². The van der Waals surface area contributed by atoms with Gasteiger partial charge in [-0.1, -0.05) is 28.1 Å². The summed E-state index contributed by atoms with van der Waals surface area (Å²) in [5, 5.41) is 12.3. The molecule has 0 unspecified atom stereocenters. The minimum atomic E-state index is -0.764. The van der Waals surface area contributed by atoms with Crippen molar-refractivity contribution in [2.45, 2.75) is 32.1 Å². The molecule has 0 saturated carbocycles. The van der Waals surface area contributed by atoms with Crippen molar-refractivity contribution in [1.29, 1.82) is 0 Å². The summed E-state index contributed by atoms with van der Waals surface area (Å²) < 4.78 is 20.7. The average molecular weight is 576 g/mol. The molecule has 2 aliphatic heterocycles. The Kier molecular flexibility index (Phi) is 6.29. The largest absolute Gasteiger partial charge is 0.339 e. The lowest BCUT2D eigenvalue weighted by atomic mass is 10.1. The number of hydrogen-bond acceptors (Lipinski definition) is 5. The molecule has 1 N–H and O–H groups in total. The summed E-state index contributed by atoms with van der Waals surface area (Å²) in [4.78, 5) is 28.1. The normalized spacial score (nSPS) is 18.7. The van der Waals surface area contributed by atoms with E-state index >= 15 is 0 Å². The zero-order valence-electron chi connectivity index (χ0n) is 20.4. The standard InChI is InChI=1S/C28H23BrFN5O3/c1-16-27(37)34(13-12-17-2-11-23-19(14-17)15-24(36)31-23)28(38-16)26-25(18-3-7-21(30)8-4-18)32-35(33-26)22-9-5-20(29)6-10-22/h2-11,14,16,28H,12-13,15H2,1H3,(H,31,36)/t16-,28-/m1/s1. The number of amides is 2. The van der Waals surface area contributed by atoms with Gasteiger partial charge in [0.1, 0.15) is 23.3 Å². The lowest BCUT2D eigenvalue weighted by Gasteiger charge is -2.22. The van der Waals surface area contributed by atoms with Crippen molar-refractivity contribution < 1.29 is 18.7 Å². The lowest BCUT2D eigenvalue weighted by molar-refractivity contribution is -0.130. The third-order valence-electron chi connectivity index (χ3n) is 6.73. The van der Waals surface area contributed by atoms with E-state index in [9.17, 15) is 14.0 Å². The van der Waals surface area contributed by atoms with Crippen LogP contribution in [0.3, 0.4) is 0 Å². The van der Waals surface area contributed by atoms with Crippen molar-refractivity contribution >= 4 is 33.4 Å². The van der Waals surface area contributed by atoms with E-state index in [4.69, 9.17) is 14.9 Å². The first-order chi connectivity index (χ1) is 18.4. The quantitative estimate of drug-likeness (QED) is 0.356. The van der Waals surface area contributed by atoms with Crippen LogP contribution in [0.25, 0.3) is 16.9 Å². The number of halogens is 2. The molecule has 2 atom stereocenters. The van der Waals surface area contributed by atoms with E-state index in [-0.39, 0.29) is 17.6 Å². The molecular formula is C28H23BrFN5O3. The molecule has 0 spiro atoms. The highest BCUT2D eigenvalue weighted by molar-refractivity contribution is 9.10. The van der Waals surface area contributed by atoms with Crippen molar-refractivity contribution in [1.82, 2.24) is 19.9 Å². The van der Waals surface area contributed by atoms with Gasteiger partial charge in [-0.25, -0.2) is 4.39 Å². The van der Waals surface area contributed by atoms with Crippen LogP contribution in [0.5, 0.6) is 0 Å². The zero-order chi connectivity index (χ0) is 26.4. The molecule has 1 aromatic heterocycles. The smallest absolute Gasteiger partial charge is 0.253 e. The maximum atomic E-state index is 13.7. The van der Waals surface area contributed by atoms with E-state index in [1.54, 1.807) is 24.0 Å². The van der Waals surface area contributed by atoms with Gasteiger partial charge in [0.2, 0.25) is 5.91 Å². The van der Waals surface area contributed by atoms with E-state index in [1.165, 1.54) is 16.9 Å². The number of hydrogen-bond donors (Lipinski definition) is 1. The van der Waals surface area contributed by atoms with Crippen molar-refractivity contribution in [3.8, 4) is 16.9 Å². The van der Waals surface area contributed by atoms with E-state index in [1.807, 2.05) is 42.5 Å². The van der Waals surface area contributed by atoms with Gasteiger partial charge >= 0.3 is 0 Å². The molecule has 1 fully saturated rings. The highest BCUT2D eigenvalue weighted by atomic mass is 79.9. The fourth-order valence-electron chi connectivity index (χ4n) is 4.79.